The van der Waals surface area contributed by atoms with Gasteiger partial charge in [-0.2, -0.15) is 5.26 Å². The maximum Gasteiger partial charge on any atom is 0.273 e. The van der Waals surface area contributed by atoms with Crippen LogP contribution in [0.15, 0.2) is 48.7 Å². The van der Waals surface area contributed by atoms with E-state index >= 15 is 0 Å². The number of anilines is 1. The number of aryl methyl sites for hydroxylation is 1. The molecule has 0 unspecified atom stereocenters. The van der Waals surface area contributed by atoms with E-state index in [9.17, 15) is 14.9 Å². The number of benzene rings is 1. The van der Waals surface area contributed by atoms with E-state index in [4.69, 9.17) is 15.2 Å². The highest BCUT2D eigenvalue weighted by Gasteiger charge is 2.54. The third-order valence-corrected chi connectivity index (χ3v) is 7.34. The number of nitriles is 1. The van der Waals surface area contributed by atoms with Crippen LogP contribution in [0.1, 0.15) is 47.8 Å². The molecule has 2 fully saturated rings. The highest BCUT2D eigenvalue weighted by Crippen LogP contribution is 2.51. The Morgan fingerprint density at radius 1 is 1.23 bits per heavy atom. The molecule has 1 aliphatic carbocycles. The number of carbonyl (C=O) groups is 2. The molecule has 3 heterocycles. The van der Waals surface area contributed by atoms with Gasteiger partial charge in [0.15, 0.2) is 11.4 Å². The zero-order valence-electron chi connectivity index (χ0n) is 22.6. The van der Waals surface area contributed by atoms with E-state index in [0.717, 1.165) is 37.2 Å². The van der Waals surface area contributed by atoms with E-state index in [2.05, 4.69) is 26.3 Å². The number of nitrogens with zero attached hydrogens (tertiary/aromatic N) is 4. The van der Waals surface area contributed by atoms with Crippen molar-refractivity contribution in [2.75, 3.05) is 31.1 Å². The van der Waals surface area contributed by atoms with Gasteiger partial charge in [-0.25, -0.2) is 9.97 Å². The van der Waals surface area contributed by atoms with Crippen LogP contribution in [0.3, 0.4) is 0 Å². The van der Waals surface area contributed by atoms with Crippen LogP contribution in [0.4, 0.5) is 5.69 Å². The highest BCUT2D eigenvalue weighted by atomic mass is 16.5. The average molecular weight is 541 g/mol. The summed E-state index contributed by atoms with van der Waals surface area (Å²) in [6.45, 7) is 6.12. The average Bonchev–Trinajstić information content (AvgIpc) is 2.90. The van der Waals surface area contributed by atoms with E-state index < -0.39 is 11.8 Å². The first-order valence-corrected chi connectivity index (χ1v) is 13.4. The lowest BCUT2D eigenvalue weighted by Crippen LogP contribution is -2.65. The zero-order valence-corrected chi connectivity index (χ0v) is 22.6. The minimum atomic E-state index is -0.503. The summed E-state index contributed by atoms with van der Waals surface area (Å²) in [6.07, 6.45) is 3.29. The number of nitrogens with two attached hydrogens (primary N) is 1. The molecule has 5 rings (SSSR count). The van der Waals surface area contributed by atoms with E-state index in [-0.39, 0.29) is 30.2 Å². The molecule has 1 saturated carbocycles. The van der Waals surface area contributed by atoms with Gasteiger partial charge in [0, 0.05) is 37.7 Å². The zero-order chi connectivity index (χ0) is 28.3. The molecule has 2 aromatic heterocycles. The molecular formula is C30H32N6O4. The maximum absolute atomic E-state index is 13.1. The number of carbonyl (C=O) groups excluding carboxylic acids is 2. The van der Waals surface area contributed by atoms with Crippen molar-refractivity contribution in [1.82, 2.24) is 15.3 Å². The van der Waals surface area contributed by atoms with Crippen molar-refractivity contribution in [1.29, 1.82) is 5.26 Å². The van der Waals surface area contributed by atoms with Crippen LogP contribution in [-0.4, -0.2) is 54.1 Å². The summed E-state index contributed by atoms with van der Waals surface area (Å²) in [5, 5.41) is 12.2. The quantitative estimate of drug-likeness (QED) is 0.398. The number of hydrogen-bond acceptors (Lipinski definition) is 8. The SMILES string of the molecule is CCOc1ncccc1-c1ccc(OC2CC3(C2)CN(c2ccc(C)cc2C#N)C3)c(C(=O)NCCC(N)=O)n1. The van der Waals surface area contributed by atoms with Gasteiger partial charge in [0.05, 0.1) is 29.1 Å². The van der Waals surface area contributed by atoms with Crippen molar-refractivity contribution in [3.05, 3.63) is 65.5 Å². The van der Waals surface area contributed by atoms with Crippen molar-refractivity contribution < 1.29 is 19.1 Å². The van der Waals surface area contributed by atoms with Crippen LogP contribution in [-0.2, 0) is 4.79 Å². The third-order valence-electron chi connectivity index (χ3n) is 7.34. The maximum atomic E-state index is 13.1. The molecule has 1 aromatic carbocycles. The largest absolute Gasteiger partial charge is 0.488 e. The van der Waals surface area contributed by atoms with Crippen LogP contribution in [0.25, 0.3) is 11.3 Å². The standard InChI is InChI=1S/C30H32N6O4/c1-3-39-29-22(5-4-11-34-29)23-7-9-25(27(35-23)28(38)33-12-10-26(32)37)40-21-14-30(15-21)17-36(18-30)24-8-6-19(2)13-20(24)16-31/h4-9,11,13,21H,3,10,12,14-15,17-18H2,1-2H3,(H2,32,37)(H,33,38). The third kappa shape index (κ3) is 5.54. The Bertz CT molecular complexity index is 1470. The second kappa shape index (κ2) is 11.2. The lowest BCUT2D eigenvalue weighted by molar-refractivity contribution is -0.117. The van der Waals surface area contributed by atoms with Crippen molar-refractivity contribution in [3.8, 4) is 29.0 Å². The molecule has 40 heavy (non-hydrogen) atoms. The summed E-state index contributed by atoms with van der Waals surface area (Å²) < 4.78 is 11.9. The lowest BCUT2D eigenvalue weighted by Gasteiger charge is -2.59. The highest BCUT2D eigenvalue weighted by molar-refractivity contribution is 5.96. The Morgan fingerprint density at radius 3 is 2.75 bits per heavy atom. The Balaban J connectivity index is 1.30. The molecule has 1 saturated heterocycles. The fourth-order valence-electron chi connectivity index (χ4n) is 5.45. The Kier molecular flexibility index (Phi) is 7.56. The molecule has 0 radical (unpaired) electrons. The number of rotatable bonds is 10. The molecule has 10 nitrogen and oxygen atoms in total. The van der Waals surface area contributed by atoms with Crippen molar-refractivity contribution in [2.45, 2.75) is 39.2 Å². The van der Waals surface area contributed by atoms with E-state index in [1.807, 2.05) is 38.1 Å². The summed E-state index contributed by atoms with van der Waals surface area (Å²) in [4.78, 5) is 35.4. The van der Waals surface area contributed by atoms with Crippen LogP contribution in [0.5, 0.6) is 11.6 Å². The molecule has 2 aliphatic rings. The van der Waals surface area contributed by atoms with Gasteiger partial charge >= 0.3 is 0 Å². The first-order valence-electron chi connectivity index (χ1n) is 13.4. The number of ether oxygens (including phenoxy) is 2. The Hall–Kier alpha value is -4.65. The van der Waals surface area contributed by atoms with Gasteiger partial charge in [-0.05, 0) is 68.7 Å². The van der Waals surface area contributed by atoms with Gasteiger partial charge in [-0.3, -0.25) is 9.59 Å². The molecule has 3 aromatic rings. The molecule has 10 heteroatoms. The Morgan fingerprint density at radius 2 is 2.02 bits per heavy atom. The summed E-state index contributed by atoms with van der Waals surface area (Å²) in [6, 6.07) is 15.4. The summed E-state index contributed by atoms with van der Waals surface area (Å²) in [5.41, 5.74) is 9.41. The summed E-state index contributed by atoms with van der Waals surface area (Å²) >= 11 is 0. The molecule has 2 amide bonds. The number of aromatic nitrogens is 2. The Labute approximate surface area is 233 Å². The van der Waals surface area contributed by atoms with Gasteiger partial charge in [0.25, 0.3) is 5.91 Å². The number of pyridine rings is 2. The van der Waals surface area contributed by atoms with Gasteiger partial charge in [0.1, 0.15) is 12.2 Å². The normalized spacial score (nSPS) is 15.5. The van der Waals surface area contributed by atoms with Crippen LogP contribution in [0.2, 0.25) is 0 Å². The fraction of sp³-hybridized carbons (Fsp3) is 0.367. The molecular weight excluding hydrogens is 508 g/mol. The molecule has 206 valence electrons. The van der Waals surface area contributed by atoms with Gasteiger partial charge < -0.3 is 25.4 Å². The predicted molar refractivity (Wildman–Crippen MR) is 149 cm³/mol. The van der Waals surface area contributed by atoms with E-state index in [1.165, 1.54) is 0 Å². The van der Waals surface area contributed by atoms with Crippen LogP contribution < -0.4 is 25.4 Å². The monoisotopic (exact) mass is 540 g/mol. The van der Waals surface area contributed by atoms with Crippen molar-refractivity contribution in [3.63, 3.8) is 0 Å². The van der Waals surface area contributed by atoms with E-state index in [1.54, 1.807) is 24.4 Å². The lowest BCUT2D eigenvalue weighted by atomic mass is 9.61. The summed E-state index contributed by atoms with van der Waals surface area (Å²) in [7, 11) is 0. The number of nitrogens with one attached hydrogen (secondary N) is 1. The minimum absolute atomic E-state index is 0.0227. The number of primary amides is 1. The van der Waals surface area contributed by atoms with Crippen molar-refractivity contribution >= 4 is 17.5 Å². The van der Waals surface area contributed by atoms with Crippen molar-refractivity contribution in [2.24, 2.45) is 11.1 Å². The second-order valence-corrected chi connectivity index (χ2v) is 10.4. The van der Waals surface area contributed by atoms with Crippen LogP contribution in [0, 0.1) is 23.7 Å². The molecule has 0 atom stereocenters. The number of amides is 2. The summed E-state index contributed by atoms with van der Waals surface area (Å²) in [5.74, 6) is -0.150. The minimum Gasteiger partial charge on any atom is -0.488 e. The molecule has 1 spiro atoms. The smallest absolute Gasteiger partial charge is 0.273 e. The van der Waals surface area contributed by atoms with Gasteiger partial charge in [-0.1, -0.05) is 6.07 Å². The fourth-order valence-corrected chi connectivity index (χ4v) is 5.45. The first-order chi connectivity index (χ1) is 19.3. The second-order valence-electron chi connectivity index (χ2n) is 10.4. The predicted octanol–water partition coefficient (Wildman–Crippen LogP) is 3.38. The van der Waals surface area contributed by atoms with Gasteiger partial charge in [-0.15, -0.1) is 0 Å². The van der Waals surface area contributed by atoms with E-state index in [0.29, 0.717) is 35.1 Å². The molecule has 1 aliphatic heterocycles. The first kappa shape index (κ1) is 26.9. The number of hydrogen-bond donors (Lipinski definition) is 2. The topological polar surface area (TPSA) is 143 Å². The molecule has 3 N–H and O–H groups in total. The molecule has 0 bridgehead atoms. The van der Waals surface area contributed by atoms with Gasteiger partial charge in [0.2, 0.25) is 11.8 Å². The van der Waals surface area contributed by atoms with Crippen LogP contribution >= 0.6 is 0 Å².